The highest BCUT2D eigenvalue weighted by atomic mass is 35.5. The summed E-state index contributed by atoms with van der Waals surface area (Å²) in [4.78, 5) is 12.6. The molecule has 0 saturated carbocycles. The van der Waals surface area contributed by atoms with Gasteiger partial charge >= 0.3 is 0 Å². The Morgan fingerprint density at radius 2 is 1.67 bits per heavy atom. The van der Waals surface area contributed by atoms with Crippen LogP contribution in [-0.2, 0) is 4.79 Å². The van der Waals surface area contributed by atoms with E-state index in [1.165, 1.54) is 5.56 Å². The van der Waals surface area contributed by atoms with E-state index in [0.717, 1.165) is 12.0 Å². The summed E-state index contributed by atoms with van der Waals surface area (Å²) in [5.41, 5.74) is 2.32. The minimum Gasteiger partial charge on any atom is -0.481 e. The maximum Gasteiger partial charge on any atom is 0.261 e. The number of benzene rings is 2. The lowest BCUT2D eigenvalue weighted by atomic mass is 10.0. The first-order chi connectivity index (χ1) is 11.5. The number of nitrogens with one attached hydrogen (secondary N) is 1. The van der Waals surface area contributed by atoms with Crippen molar-refractivity contribution in [3.63, 3.8) is 0 Å². The Morgan fingerprint density at radius 1 is 1.04 bits per heavy atom. The monoisotopic (exact) mass is 345 g/mol. The predicted octanol–water partition coefficient (Wildman–Crippen LogP) is 5.07. The molecule has 2 unspecified atom stereocenters. The molecule has 2 aromatic carbocycles. The molecule has 1 amide bonds. The second-order valence-electron chi connectivity index (χ2n) is 5.85. The molecule has 3 nitrogen and oxygen atoms in total. The molecule has 0 heterocycles. The molecule has 1 N–H and O–H groups in total. The first kappa shape index (κ1) is 18.3. The highest BCUT2D eigenvalue weighted by molar-refractivity contribution is 6.30. The van der Waals surface area contributed by atoms with Crippen molar-refractivity contribution in [3.8, 4) is 5.75 Å². The molecule has 0 bridgehead atoms. The van der Waals surface area contributed by atoms with E-state index < -0.39 is 6.10 Å². The molecule has 0 aliphatic rings. The molecule has 128 valence electrons. The summed E-state index contributed by atoms with van der Waals surface area (Å²) < 4.78 is 5.81. The van der Waals surface area contributed by atoms with Crippen LogP contribution in [0.4, 0.5) is 0 Å². The van der Waals surface area contributed by atoms with E-state index in [1.807, 2.05) is 6.92 Å². The van der Waals surface area contributed by atoms with Crippen molar-refractivity contribution < 1.29 is 9.53 Å². The maximum atomic E-state index is 12.6. The topological polar surface area (TPSA) is 38.3 Å². The summed E-state index contributed by atoms with van der Waals surface area (Å²) in [5, 5.41) is 3.74. The fourth-order valence-electron chi connectivity index (χ4n) is 2.48. The third-order valence-electron chi connectivity index (χ3n) is 3.96. The number of amides is 1. The van der Waals surface area contributed by atoms with Gasteiger partial charge in [-0.1, -0.05) is 55.3 Å². The summed E-state index contributed by atoms with van der Waals surface area (Å²) in [6.07, 6.45) is 0.899. The van der Waals surface area contributed by atoms with Crippen LogP contribution in [0.15, 0.2) is 48.5 Å². The lowest BCUT2D eigenvalue weighted by Gasteiger charge is -2.22. The molecule has 0 aliphatic heterocycles. The van der Waals surface area contributed by atoms with E-state index in [-0.39, 0.29) is 11.9 Å². The van der Waals surface area contributed by atoms with Gasteiger partial charge in [-0.25, -0.2) is 0 Å². The Labute approximate surface area is 149 Å². The molecule has 4 heteroatoms. The Bertz CT molecular complexity index is 652. The fraction of sp³-hybridized carbons (Fsp3) is 0.350. The van der Waals surface area contributed by atoms with Crippen molar-refractivity contribution in [2.75, 3.05) is 0 Å². The average molecular weight is 346 g/mol. The molecule has 24 heavy (non-hydrogen) atoms. The Balaban J connectivity index is 2.04. The van der Waals surface area contributed by atoms with E-state index in [4.69, 9.17) is 16.3 Å². The van der Waals surface area contributed by atoms with Crippen LogP contribution in [0.3, 0.4) is 0 Å². The molecule has 0 aliphatic carbocycles. The van der Waals surface area contributed by atoms with Gasteiger partial charge in [0.1, 0.15) is 5.75 Å². The number of rotatable bonds is 7. The van der Waals surface area contributed by atoms with Gasteiger partial charge in [0.15, 0.2) is 6.10 Å². The van der Waals surface area contributed by atoms with Crippen molar-refractivity contribution in [1.29, 1.82) is 0 Å². The first-order valence-corrected chi connectivity index (χ1v) is 8.70. The number of halogens is 1. The smallest absolute Gasteiger partial charge is 0.261 e. The SMILES string of the molecule is CCC(Oc1ccc(Cl)cc1)C(=O)NC(CC)c1ccc(C)cc1. The predicted molar refractivity (Wildman–Crippen MR) is 98.5 cm³/mol. The van der Waals surface area contributed by atoms with E-state index in [2.05, 4.69) is 43.4 Å². The van der Waals surface area contributed by atoms with Crippen LogP contribution in [0.2, 0.25) is 5.02 Å². The van der Waals surface area contributed by atoms with Crippen LogP contribution in [0.5, 0.6) is 5.75 Å². The number of carbonyl (C=O) groups excluding carboxylic acids is 1. The zero-order chi connectivity index (χ0) is 17.5. The highest BCUT2D eigenvalue weighted by Gasteiger charge is 2.21. The number of hydrogen-bond donors (Lipinski definition) is 1. The van der Waals surface area contributed by atoms with Gasteiger partial charge in [-0.2, -0.15) is 0 Å². The van der Waals surface area contributed by atoms with Crippen LogP contribution in [0.1, 0.15) is 43.9 Å². The van der Waals surface area contributed by atoms with E-state index in [0.29, 0.717) is 17.2 Å². The second kappa shape index (κ2) is 8.74. The van der Waals surface area contributed by atoms with E-state index in [9.17, 15) is 4.79 Å². The summed E-state index contributed by atoms with van der Waals surface area (Å²) in [5.74, 6) is 0.546. The molecule has 0 aromatic heterocycles. The molecule has 0 radical (unpaired) electrons. The third-order valence-corrected chi connectivity index (χ3v) is 4.21. The van der Waals surface area contributed by atoms with E-state index in [1.54, 1.807) is 24.3 Å². The van der Waals surface area contributed by atoms with E-state index >= 15 is 0 Å². The van der Waals surface area contributed by atoms with Crippen molar-refractivity contribution in [2.24, 2.45) is 0 Å². The molecular formula is C20H24ClNO2. The fourth-order valence-corrected chi connectivity index (χ4v) is 2.61. The van der Waals surface area contributed by atoms with Crippen LogP contribution in [0, 0.1) is 6.92 Å². The van der Waals surface area contributed by atoms with Crippen molar-refractivity contribution in [3.05, 3.63) is 64.7 Å². The lowest BCUT2D eigenvalue weighted by molar-refractivity contribution is -0.128. The molecule has 0 fully saturated rings. The minimum absolute atomic E-state index is 0.0130. The summed E-state index contributed by atoms with van der Waals surface area (Å²) in [6.45, 7) is 6.05. The van der Waals surface area contributed by atoms with Gasteiger partial charge in [-0.3, -0.25) is 4.79 Å². The zero-order valence-electron chi connectivity index (χ0n) is 14.4. The largest absolute Gasteiger partial charge is 0.481 e. The van der Waals surface area contributed by atoms with Crippen molar-refractivity contribution in [1.82, 2.24) is 5.32 Å². The Hall–Kier alpha value is -2.00. The van der Waals surface area contributed by atoms with Crippen LogP contribution < -0.4 is 10.1 Å². The summed E-state index contributed by atoms with van der Waals surface area (Å²) in [7, 11) is 0. The van der Waals surface area contributed by atoms with Crippen LogP contribution in [-0.4, -0.2) is 12.0 Å². The zero-order valence-corrected chi connectivity index (χ0v) is 15.1. The van der Waals surface area contributed by atoms with Gasteiger partial charge in [0.25, 0.3) is 5.91 Å². The van der Waals surface area contributed by atoms with Crippen molar-refractivity contribution >= 4 is 17.5 Å². The average Bonchev–Trinajstić information content (AvgIpc) is 2.59. The quantitative estimate of drug-likeness (QED) is 0.760. The van der Waals surface area contributed by atoms with Gasteiger partial charge in [-0.05, 0) is 49.6 Å². The highest BCUT2D eigenvalue weighted by Crippen LogP contribution is 2.20. The number of ether oxygens (including phenoxy) is 1. The molecule has 0 saturated heterocycles. The van der Waals surface area contributed by atoms with Gasteiger partial charge in [-0.15, -0.1) is 0 Å². The van der Waals surface area contributed by atoms with Crippen molar-refractivity contribution in [2.45, 2.75) is 45.8 Å². The van der Waals surface area contributed by atoms with Gasteiger partial charge in [0.05, 0.1) is 6.04 Å². The van der Waals surface area contributed by atoms with Crippen LogP contribution >= 0.6 is 11.6 Å². The number of aryl methyl sites for hydroxylation is 1. The van der Waals surface area contributed by atoms with Crippen LogP contribution in [0.25, 0.3) is 0 Å². The standard InChI is InChI=1S/C20H24ClNO2/c1-4-18(15-8-6-14(3)7-9-15)22-20(23)19(5-2)24-17-12-10-16(21)11-13-17/h6-13,18-19H,4-5H2,1-3H3,(H,22,23). The molecule has 2 atom stereocenters. The molecule has 2 aromatic rings. The minimum atomic E-state index is -0.523. The normalized spacial score (nSPS) is 13.2. The molecular weight excluding hydrogens is 322 g/mol. The first-order valence-electron chi connectivity index (χ1n) is 8.32. The lowest BCUT2D eigenvalue weighted by Crippen LogP contribution is -2.39. The maximum absolute atomic E-state index is 12.6. The number of hydrogen-bond acceptors (Lipinski definition) is 2. The third kappa shape index (κ3) is 5.00. The van der Waals surface area contributed by atoms with Gasteiger partial charge < -0.3 is 10.1 Å². The van der Waals surface area contributed by atoms with Gasteiger partial charge in [0.2, 0.25) is 0 Å². The Kier molecular flexibility index (Phi) is 6.68. The Morgan fingerprint density at radius 3 is 2.21 bits per heavy atom. The summed E-state index contributed by atoms with van der Waals surface area (Å²) >= 11 is 5.88. The molecule has 0 spiro atoms. The van der Waals surface area contributed by atoms with Gasteiger partial charge in [0, 0.05) is 5.02 Å². The summed E-state index contributed by atoms with van der Waals surface area (Å²) in [6, 6.07) is 15.3. The number of carbonyl (C=O) groups is 1. The second-order valence-corrected chi connectivity index (χ2v) is 6.29. The molecule has 2 rings (SSSR count).